The molecule has 1 atom stereocenters. The second-order valence-corrected chi connectivity index (χ2v) is 6.16. The molecule has 16 heavy (non-hydrogen) atoms. The number of benzene rings is 1. The van der Waals surface area contributed by atoms with E-state index < -0.39 is 0 Å². The van der Waals surface area contributed by atoms with Gasteiger partial charge in [-0.25, -0.2) is 0 Å². The van der Waals surface area contributed by atoms with Crippen LogP contribution >= 0.6 is 50.1 Å². The van der Waals surface area contributed by atoms with E-state index in [0.717, 1.165) is 33.4 Å². The van der Waals surface area contributed by atoms with Gasteiger partial charge in [-0.05, 0) is 57.1 Å². The first-order valence-electron chi connectivity index (χ1n) is 5.02. The van der Waals surface area contributed by atoms with Crippen LogP contribution in [0.4, 0.5) is 0 Å². The molecule has 0 saturated carbocycles. The van der Waals surface area contributed by atoms with E-state index in [1.807, 2.05) is 12.1 Å². The Labute approximate surface area is 122 Å². The third-order valence-corrected chi connectivity index (χ3v) is 5.06. The number of ether oxygens (including phenoxy) is 2. The molecule has 1 aromatic carbocycles. The van der Waals surface area contributed by atoms with Crippen molar-refractivity contribution < 1.29 is 9.47 Å². The molecule has 0 amide bonds. The summed E-state index contributed by atoms with van der Waals surface area (Å²) in [7, 11) is 0. The molecular formula is C11H11BrClIO2. The Morgan fingerprint density at radius 2 is 2.38 bits per heavy atom. The Hall–Kier alpha value is 0.480. The molecule has 0 spiro atoms. The van der Waals surface area contributed by atoms with Crippen LogP contribution in [0.3, 0.4) is 0 Å². The minimum Gasteiger partial charge on any atom is -0.492 e. The topological polar surface area (TPSA) is 18.5 Å². The normalized spacial score (nSPS) is 20.1. The zero-order valence-corrected chi connectivity index (χ0v) is 13.0. The largest absolute Gasteiger partial charge is 0.492 e. The van der Waals surface area contributed by atoms with Gasteiger partial charge in [-0.15, -0.1) is 0 Å². The number of hydrogen-bond acceptors (Lipinski definition) is 2. The Morgan fingerprint density at radius 3 is 3.06 bits per heavy atom. The second-order valence-electron chi connectivity index (χ2n) is 3.74. The fourth-order valence-electron chi connectivity index (χ4n) is 1.54. The van der Waals surface area contributed by atoms with Gasteiger partial charge in [0, 0.05) is 20.6 Å². The summed E-state index contributed by atoms with van der Waals surface area (Å²) in [5, 5.41) is 0.645. The first-order chi connectivity index (χ1) is 7.66. The quantitative estimate of drug-likeness (QED) is 0.544. The monoisotopic (exact) mass is 416 g/mol. The summed E-state index contributed by atoms with van der Waals surface area (Å²) in [4.78, 5) is 0. The summed E-state index contributed by atoms with van der Waals surface area (Å²) in [6.45, 7) is 2.32. The highest BCUT2D eigenvalue weighted by atomic mass is 127. The summed E-state index contributed by atoms with van der Waals surface area (Å²) in [6.07, 6.45) is 1.07. The Bertz CT molecular complexity index is 380. The van der Waals surface area contributed by atoms with Crippen molar-refractivity contribution >= 4 is 50.1 Å². The van der Waals surface area contributed by atoms with Gasteiger partial charge >= 0.3 is 0 Å². The molecule has 5 heteroatoms. The van der Waals surface area contributed by atoms with Gasteiger partial charge in [0.05, 0.1) is 18.2 Å². The highest BCUT2D eigenvalue weighted by Crippen LogP contribution is 2.32. The summed E-state index contributed by atoms with van der Waals surface area (Å²) in [6, 6.07) is 3.81. The average molecular weight is 417 g/mol. The van der Waals surface area contributed by atoms with Gasteiger partial charge < -0.3 is 9.47 Å². The van der Waals surface area contributed by atoms with Crippen molar-refractivity contribution in [3.05, 3.63) is 25.2 Å². The molecule has 1 heterocycles. The third kappa shape index (κ3) is 3.24. The molecule has 88 valence electrons. The van der Waals surface area contributed by atoms with Crippen LogP contribution in [-0.2, 0) is 4.74 Å². The third-order valence-electron chi connectivity index (χ3n) is 2.47. The molecule has 1 unspecified atom stereocenters. The molecule has 0 aliphatic carbocycles. The molecule has 0 aromatic heterocycles. The predicted molar refractivity (Wildman–Crippen MR) is 76.3 cm³/mol. The fraction of sp³-hybridized carbons (Fsp3) is 0.455. The van der Waals surface area contributed by atoms with Gasteiger partial charge in [0.2, 0.25) is 0 Å². The van der Waals surface area contributed by atoms with Crippen molar-refractivity contribution in [3.8, 4) is 5.75 Å². The molecule has 1 fully saturated rings. The van der Waals surface area contributed by atoms with E-state index in [4.69, 9.17) is 21.1 Å². The van der Waals surface area contributed by atoms with Crippen LogP contribution in [0, 0.1) is 9.49 Å². The Morgan fingerprint density at radius 1 is 1.56 bits per heavy atom. The first-order valence-corrected chi connectivity index (χ1v) is 7.27. The summed E-state index contributed by atoms with van der Waals surface area (Å²) < 4.78 is 13.1. The van der Waals surface area contributed by atoms with E-state index in [0.29, 0.717) is 17.5 Å². The molecule has 0 radical (unpaired) electrons. The summed E-state index contributed by atoms with van der Waals surface area (Å²) >= 11 is 11.8. The number of rotatable bonds is 3. The molecule has 0 bridgehead atoms. The van der Waals surface area contributed by atoms with E-state index in [1.54, 1.807) is 0 Å². The highest BCUT2D eigenvalue weighted by molar-refractivity contribution is 14.1. The van der Waals surface area contributed by atoms with Crippen molar-refractivity contribution in [3.63, 3.8) is 0 Å². The van der Waals surface area contributed by atoms with Gasteiger partial charge in [-0.3, -0.25) is 0 Å². The van der Waals surface area contributed by atoms with Crippen molar-refractivity contribution in [2.24, 2.45) is 5.92 Å². The summed E-state index contributed by atoms with van der Waals surface area (Å²) in [5.74, 6) is 1.25. The maximum Gasteiger partial charge on any atom is 0.139 e. The zero-order valence-electron chi connectivity index (χ0n) is 8.51. The van der Waals surface area contributed by atoms with Crippen LogP contribution in [0.15, 0.2) is 16.6 Å². The van der Waals surface area contributed by atoms with Gasteiger partial charge in [0.1, 0.15) is 5.75 Å². The van der Waals surface area contributed by atoms with Gasteiger partial charge in [0.15, 0.2) is 0 Å². The maximum absolute atomic E-state index is 6.10. The summed E-state index contributed by atoms with van der Waals surface area (Å²) in [5.41, 5.74) is 0. The van der Waals surface area contributed by atoms with Crippen LogP contribution in [0.2, 0.25) is 5.02 Å². The van der Waals surface area contributed by atoms with Gasteiger partial charge in [0.25, 0.3) is 0 Å². The minimum absolute atomic E-state index is 0.498. The highest BCUT2D eigenvalue weighted by Gasteiger charge is 2.17. The second kappa shape index (κ2) is 5.89. The van der Waals surface area contributed by atoms with Crippen molar-refractivity contribution in [2.75, 3.05) is 19.8 Å². The molecule has 2 nitrogen and oxygen atoms in total. The van der Waals surface area contributed by atoms with Crippen LogP contribution in [-0.4, -0.2) is 19.8 Å². The zero-order chi connectivity index (χ0) is 11.5. The molecule has 1 aliphatic rings. The number of halogens is 3. The maximum atomic E-state index is 6.10. The molecule has 1 aromatic rings. The lowest BCUT2D eigenvalue weighted by atomic mass is 10.1. The Balaban J connectivity index is 2.00. The average Bonchev–Trinajstić information content (AvgIpc) is 2.74. The molecule has 2 rings (SSSR count). The van der Waals surface area contributed by atoms with Crippen molar-refractivity contribution in [1.29, 1.82) is 0 Å². The Kier molecular flexibility index (Phi) is 4.76. The van der Waals surface area contributed by atoms with E-state index in [2.05, 4.69) is 38.5 Å². The van der Waals surface area contributed by atoms with E-state index >= 15 is 0 Å². The van der Waals surface area contributed by atoms with Crippen LogP contribution in [0.25, 0.3) is 0 Å². The molecular weight excluding hydrogens is 406 g/mol. The van der Waals surface area contributed by atoms with Crippen LogP contribution in [0.1, 0.15) is 6.42 Å². The smallest absolute Gasteiger partial charge is 0.139 e. The molecule has 1 saturated heterocycles. The lowest BCUT2D eigenvalue weighted by Crippen LogP contribution is -2.11. The molecule has 0 N–H and O–H groups in total. The van der Waals surface area contributed by atoms with E-state index in [9.17, 15) is 0 Å². The minimum atomic E-state index is 0.498. The fourth-order valence-corrected chi connectivity index (χ4v) is 2.67. The van der Waals surface area contributed by atoms with E-state index in [1.165, 1.54) is 0 Å². The lowest BCUT2D eigenvalue weighted by Gasteiger charge is -2.12. The SMILES string of the molecule is Clc1cc(Br)c(I)cc1OCC1CCOC1. The molecule has 1 aliphatic heterocycles. The van der Waals surface area contributed by atoms with Crippen molar-refractivity contribution in [1.82, 2.24) is 0 Å². The van der Waals surface area contributed by atoms with E-state index in [-0.39, 0.29) is 0 Å². The lowest BCUT2D eigenvalue weighted by molar-refractivity contribution is 0.167. The number of hydrogen-bond donors (Lipinski definition) is 0. The predicted octanol–water partition coefficient (Wildman–Crippen LogP) is 4.12. The van der Waals surface area contributed by atoms with Gasteiger partial charge in [-0.2, -0.15) is 0 Å². The van der Waals surface area contributed by atoms with Crippen LogP contribution in [0.5, 0.6) is 5.75 Å². The first kappa shape index (κ1) is 12.9. The van der Waals surface area contributed by atoms with Crippen molar-refractivity contribution in [2.45, 2.75) is 6.42 Å². The van der Waals surface area contributed by atoms with Gasteiger partial charge in [-0.1, -0.05) is 11.6 Å². The van der Waals surface area contributed by atoms with Crippen LogP contribution < -0.4 is 4.74 Å². The standard InChI is InChI=1S/C11H11BrClIO2/c12-8-3-9(13)11(4-10(8)14)16-6-7-1-2-15-5-7/h3-4,7H,1-2,5-6H2.